The Morgan fingerprint density at radius 2 is 2.00 bits per heavy atom. The standard InChI is InChI=1S/C17H20N2S/c1-4-12(2)14-8-5-6-10-16(14)19-17(20)15-9-7-11-18-13(15)3/h5-12H,4H2,1-3H3,(H,19,20). The van der Waals surface area contributed by atoms with Crippen LogP contribution in [0.5, 0.6) is 0 Å². The van der Waals surface area contributed by atoms with Crippen LogP contribution in [0.25, 0.3) is 0 Å². The molecule has 0 saturated carbocycles. The molecule has 1 aromatic heterocycles. The highest BCUT2D eigenvalue weighted by Gasteiger charge is 2.11. The maximum absolute atomic E-state index is 5.52. The molecule has 0 fully saturated rings. The minimum atomic E-state index is 0.511. The summed E-state index contributed by atoms with van der Waals surface area (Å²) in [6.07, 6.45) is 2.89. The van der Waals surface area contributed by atoms with Crippen LogP contribution >= 0.6 is 12.2 Å². The summed E-state index contributed by atoms with van der Waals surface area (Å²) in [5.41, 5.74) is 4.33. The molecule has 1 heterocycles. The van der Waals surface area contributed by atoms with E-state index in [4.69, 9.17) is 12.2 Å². The van der Waals surface area contributed by atoms with Crippen molar-refractivity contribution in [3.05, 3.63) is 59.4 Å². The van der Waals surface area contributed by atoms with Gasteiger partial charge in [-0.3, -0.25) is 4.98 Å². The molecule has 0 spiro atoms. The van der Waals surface area contributed by atoms with Crippen LogP contribution in [0.2, 0.25) is 0 Å². The van der Waals surface area contributed by atoms with Gasteiger partial charge in [-0.15, -0.1) is 0 Å². The zero-order valence-electron chi connectivity index (χ0n) is 12.2. The highest BCUT2D eigenvalue weighted by Crippen LogP contribution is 2.27. The fourth-order valence-electron chi connectivity index (χ4n) is 2.17. The Bertz CT molecular complexity index is 607. The Labute approximate surface area is 126 Å². The van der Waals surface area contributed by atoms with Crippen molar-refractivity contribution in [3.63, 3.8) is 0 Å². The van der Waals surface area contributed by atoms with Crippen LogP contribution in [0.15, 0.2) is 42.6 Å². The third-order valence-corrected chi connectivity index (χ3v) is 3.93. The van der Waals surface area contributed by atoms with Gasteiger partial charge in [0.25, 0.3) is 0 Å². The fourth-order valence-corrected chi connectivity index (χ4v) is 2.50. The van der Waals surface area contributed by atoms with E-state index in [1.807, 2.05) is 25.1 Å². The van der Waals surface area contributed by atoms with Crippen molar-refractivity contribution >= 4 is 22.9 Å². The van der Waals surface area contributed by atoms with Crippen LogP contribution in [0.3, 0.4) is 0 Å². The second-order valence-corrected chi connectivity index (χ2v) is 5.40. The van der Waals surface area contributed by atoms with Crippen molar-refractivity contribution in [2.45, 2.75) is 33.1 Å². The van der Waals surface area contributed by atoms with Crippen LogP contribution in [-0.4, -0.2) is 9.97 Å². The first kappa shape index (κ1) is 14.7. The molecule has 2 nitrogen and oxygen atoms in total. The lowest BCUT2D eigenvalue weighted by Gasteiger charge is -2.17. The summed E-state index contributed by atoms with van der Waals surface area (Å²) in [6.45, 7) is 6.41. The summed E-state index contributed by atoms with van der Waals surface area (Å²) >= 11 is 5.52. The molecule has 0 aliphatic carbocycles. The maximum Gasteiger partial charge on any atom is 0.112 e. The van der Waals surface area contributed by atoms with Gasteiger partial charge in [0, 0.05) is 23.1 Å². The molecule has 0 aliphatic heterocycles. The molecule has 1 aromatic carbocycles. The Kier molecular flexibility index (Phi) is 4.85. The van der Waals surface area contributed by atoms with Crippen LogP contribution in [-0.2, 0) is 0 Å². The molecular weight excluding hydrogens is 264 g/mol. The van der Waals surface area contributed by atoms with Crippen LogP contribution in [0.4, 0.5) is 5.69 Å². The van der Waals surface area contributed by atoms with Gasteiger partial charge < -0.3 is 5.32 Å². The predicted octanol–water partition coefficient (Wildman–Crippen LogP) is 4.69. The van der Waals surface area contributed by atoms with E-state index in [9.17, 15) is 0 Å². The number of rotatable bonds is 4. The summed E-state index contributed by atoms with van der Waals surface area (Å²) < 4.78 is 0. The second kappa shape index (κ2) is 6.62. The number of para-hydroxylation sites is 1. The van der Waals surface area contributed by atoms with Crippen molar-refractivity contribution in [2.75, 3.05) is 5.32 Å². The molecule has 2 rings (SSSR count). The SMILES string of the molecule is CCC(C)c1ccccc1NC(=S)c1cccnc1C. The van der Waals surface area contributed by atoms with Gasteiger partial charge in [-0.25, -0.2) is 0 Å². The number of pyridine rings is 1. The van der Waals surface area contributed by atoms with Crippen molar-refractivity contribution in [1.29, 1.82) is 0 Å². The van der Waals surface area contributed by atoms with Crippen LogP contribution in [0.1, 0.15) is 43.0 Å². The van der Waals surface area contributed by atoms with Gasteiger partial charge in [-0.05, 0) is 43.0 Å². The molecule has 0 amide bonds. The third-order valence-electron chi connectivity index (χ3n) is 3.60. The van der Waals surface area contributed by atoms with E-state index in [2.05, 4.69) is 42.3 Å². The van der Waals surface area contributed by atoms with Crippen molar-refractivity contribution in [3.8, 4) is 0 Å². The number of nitrogens with one attached hydrogen (secondary N) is 1. The Hall–Kier alpha value is -1.74. The van der Waals surface area contributed by atoms with Crippen molar-refractivity contribution < 1.29 is 0 Å². The first-order chi connectivity index (χ1) is 9.63. The van der Waals surface area contributed by atoms with E-state index in [0.29, 0.717) is 5.92 Å². The zero-order chi connectivity index (χ0) is 14.5. The molecule has 3 heteroatoms. The van der Waals surface area contributed by atoms with Gasteiger partial charge >= 0.3 is 0 Å². The van der Waals surface area contributed by atoms with E-state index < -0.39 is 0 Å². The molecule has 1 unspecified atom stereocenters. The number of nitrogens with zero attached hydrogens (tertiary/aromatic N) is 1. The Morgan fingerprint density at radius 1 is 1.25 bits per heavy atom. The van der Waals surface area contributed by atoms with Gasteiger partial charge in [0.2, 0.25) is 0 Å². The lowest BCUT2D eigenvalue weighted by atomic mass is 9.97. The molecule has 1 atom stereocenters. The number of aryl methyl sites for hydroxylation is 1. The summed E-state index contributed by atoms with van der Waals surface area (Å²) in [4.78, 5) is 5.02. The first-order valence-corrected chi connectivity index (χ1v) is 7.36. The van der Waals surface area contributed by atoms with Crippen molar-refractivity contribution in [1.82, 2.24) is 4.98 Å². The van der Waals surface area contributed by atoms with Gasteiger partial charge in [0.05, 0.1) is 0 Å². The normalized spacial score (nSPS) is 11.9. The molecule has 0 saturated heterocycles. The minimum absolute atomic E-state index is 0.511. The molecule has 0 bridgehead atoms. The summed E-state index contributed by atoms with van der Waals surface area (Å²) in [5, 5.41) is 3.37. The van der Waals surface area contributed by atoms with E-state index in [0.717, 1.165) is 28.4 Å². The summed E-state index contributed by atoms with van der Waals surface area (Å²) in [5.74, 6) is 0.511. The van der Waals surface area contributed by atoms with Crippen molar-refractivity contribution in [2.24, 2.45) is 0 Å². The van der Waals surface area contributed by atoms with Gasteiger partial charge in [-0.2, -0.15) is 0 Å². The van der Waals surface area contributed by atoms with Gasteiger partial charge in [0.1, 0.15) is 4.99 Å². The molecule has 2 aromatic rings. The van der Waals surface area contributed by atoms with E-state index in [-0.39, 0.29) is 0 Å². The lowest BCUT2D eigenvalue weighted by molar-refractivity contribution is 0.736. The smallest absolute Gasteiger partial charge is 0.112 e. The van der Waals surface area contributed by atoms with Gasteiger partial charge in [-0.1, -0.05) is 44.3 Å². The van der Waals surface area contributed by atoms with E-state index in [1.54, 1.807) is 6.20 Å². The van der Waals surface area contributed by atoms with Crippen LogP contribution < -0.4 is 5.32 Å². The molecule has 1 N–H and O–H groups in total. The highest BCUT2D eigenvalue weighted by molar-refractivity contribution is 7.81. The monoisotopic (exact) mass is 284 g/mol. The predicted molar refractivity (Wildman–Crippen MR) is 89.4 cm³/mol. The quantitative estimate of drug-likeness (QED) is 0.824. The minimum Gasteiger partial charge on any atom is -0.346 e. The number of hydrogen-bond donors (Lipinski definition) is 1. The number of benzene rings is 1. The highest BCUT2D eigenvalue weighted by atomic mass is 32.1. The number of aromatic nitrogens is 1. The van der Waals surface area contributed by atoms with E-state index >= 15 is 0 Å². The Balaban J connectivity index is 2.27. The average molecular weight is 284 g/mol. The van der Waals surface area contributed by atoms with Gasteiger partial charge in [0.15, 0.2) is 0 Å². The van der Waals surface area contributed by atoms with Crippen LogP contribution in [0, 0.1) is 6.92 Å². The van der Waals surface area contributed by atoms with E-state index in [1.165, 1.54) is 5.56 Å². The summed E-state index contributed by atoms with van der Waals surface area (Å²) in [6, 6.07) is 12.3. The number of thiocarbonyl (C=S) groups is 1. The molecular formula is C17H20N2S. The topological polar surface area (TPSA) is 24.9 Å². The first-order valence-electron chi connectivity index (χ1n) is 6.95. The average Bonchev–Trinajstić information content (AvgIpc) is 2.47. The Morgan fingerprint density at radius 3 is 2.70 bits per heavy atom. The largest absolute Gasteiger partial charge is 0.346 e. The molecule has 0 aliphatic rings. The second-order valence-electron chi connectivity index (χ2n) is 4.99. The number of anilines is 1. The molecule has 20 heavy (non-hydrogen) atoms. The summed E-state index contributed by atoms with van der Waals surface area (Å²) in [7, 11) is 0. The lowest BCUT2D eigenvalue weighted by Crippen LogP contribution is -2.14. The maximum atomic E-state index is 5.52. The molecule has 104 valence electrons. The molecule has 0 radical (unpaired) electrons. The zero-order valence-corrected chi connectivity index (χ0v) is 13.0. The fraction of sp³-hybridized carbons (Fsp3) is 0.294. The number of hydrogen-bond acceptors (Lipinski definition) is 2. The third kappa shape index (κ3) is 3.23.